The number of nitrogens with one attached hydrogen (secondary N) is 1. The highest BCUT2D eigenvalue weighted by Crippen LogP contribution is 2.32. The van der Waals surface area contributed by atoms with Crippen LogP contribution in [0.2, 0.25) is 0 Å². The third-order valence-corrected chi connectivity index (χ3v) is 8.28. The molecule has 0 bridgehead atoms. The number of nitrogens with zero attached hydrogens (tertiary/aromatic N) is 2. The Morgan fingerprint density at radius 2 is 1.82 bits per heavy atom. The van der Waals surface area contributed by atoms with Crippen LogP contribution in [-0.2, 0) is 32.6 Å². The fraction of sp³-hybridized carbons (Fsp3) is 0.500. The van der Waals surface area contributed by atoms with Crippen LogP contribution in [0.25, 0.3) is 0 Å². The second-order valence-corrected chi connectivity index (χ2v) is 10.3. The van der Waals surface area contributed by atoms with Crippen molar-refractivity contribution in [2.75, 3.05) is 19.7 Å². The van der Waals surface area contributed by atoms with Crippen molar-refractivity contribution < 1.29 is 27.1 Å². The van der Waals surface area contributed by atoms with Crippen LogP contribution in [0.1, 0.15) is 54.0 Å². The molecule has 1 aliphatic heterocycles. The van der Waals surface area contributed by atoms with Gasteiger partial charge in [-0.15, -0.1) is 0 Å². The van der Waals surface area contributed by atoms with Crippen LogP contribution in [0.15, 0.2) is 29.2 Å². The molecule has 1 aromatic carbocycles. The molecule has 2 heterocycles. The minimum Gasteiger partial charge on any atom is -0.462 e. The number of hydrogen-bond donors (Lipinski definition) is 1. The molecule has 1 saturated heterocycles. The Balaban J connectivity index is 1.83. The highest BCUT2D eigenvalue weighted by Gasteiger charge is 2.39. The summed E-state index contributed by atoms with van der Waals surface area (Å²) >= 11 is 0. The number of benzene rings is 1. The van der Waals surface area contributed by atoms with E-state index in [1.807, 2.05) is 6.92 Å². The van der Waals surface area contributed by atoms with Gasteiger partial charge in [0.05, 0.1) is 12.5 Å². The number of halogens is 1. The molecule has 1 aliphatic rings. The molecule has 0 radical (unpaired) electrons. The topological polar surface area (TPSA) is 97.7 Å². The van der Waals surface area contributed by atoms with Gasteiger partial charge in [-0.25, -0.2) is 17.6 Å². The highest BCUT2D eigenvalue weighted by molar-refractivity contribution is 7.89. The zero-order valence-electron chi connectivity index (χ0n) is 20.1. The van der Waals surface area contributed by atoms with Gasteiger partial charge in [-0.1, -0.05) is 12.1 Å². The Morgan fingerprint density at radius 3 is 2.44 bits per heavy atom. The van der Waals surface area contributed by atoms with Gasteiger partial charge in [0.25, 0.3) is 0 Å². The summed E-state index contributed by atoms with van der Waals surface area (Å²) in [7, 11) is -4.05. The summed E-state index contributed by atoms with van der Waals surface area (Å²) < 4.78 is 48.8. The van der Waals surface area contributed by atoms with E-state index in [1.165, 1.54) is 16.4 Å². The first-order chi connectivity index (χ1) is 16.1. The first-order valence-corrected chi connectivity index (χ1v) is 12.9. The second kappa shape index (κ2) is 10.7. The SMILES string of the molecule is CCOC(=O)c1c(S(=O)(=O)N2CCC[C@H](C(=O)NCc3ccc(F)cc3)C2)c(C)n(CC)c1C. The van der Waals surface area contributed by atoms with Crippen LogP contribution in [0.5, 0.6) is 0 Å². The van der Waals surface area contributed by atoms with E-state index >= 15 is 0 Å². The van der Waals surface area contributed by atoms with Gasteiger partial charge < -0.3 is 14.6 Å². The van der Waals surface area contributed by atoms with E-state index in [9.17, 15) is 22.4 Å². The molecular formula is C24H32FN3O5S. The average Bonchev–Trinajstić information content (AvgIpc) is 3.08. The number of carbonyl (C=O) groups is 2. The van der Waals surface area contributed by atoms with E-state index in [4.69, 9.17) is 4.74 Å². The van der Waals surface area contributed by atoms with Gasteiger partial charge in [0.2, 0.25) is 15.9 Å². The Morgan fingerprint density at radius 1 is 1.15 bits per heavy atom. The lowest BCUT2D eigenvalue weighted by Gasteiger charge is -2.31. The molecule has 34 heavy (non-hydrogen) atoms. The molecule has 0 saturated carbocycles. The smallest absolute Gasteiger partial charge is 0.341 e. The molecule has 1 atom stereocenters. The zero-order chi connectivity index (χ0) is 25.0. The summed E-state index contributed by atoms with van der Waals surface area (Å²) in [4.78, 5) is 25.5. The number of sulfonamides is 1. The lowest BCUT2D eigenvalue weighted by molar-refractivity contribution is -0.126. The van der Waals surface area contributed by atoms with Crippen LogP contribution >= 0.6 is 0 Å². The van der Waals surface area contributed by atoms with E-state index < -0.39 is 21.9 Å². The normalized spacial score (nSPS) is 16.9. The Kier molecular flexibility index (Phi) is 8.14. The minimum atomic E-state index is -4.05. The van der Waals surface area contributed by atoms with Crippen molar-refractivity contribution in [3.8, 4) is 0 Å². The molecule has 186 valence electrons. The van der Waals surface area contributed by atoms with E-state index in [1.54, 1.807) is 37.5 Å². The molecule has 3 rings (SSSR count). The number of carbonyl (C=O) groups excluding carboxylic acids is 2. The monoisotopic (exact) mass is 493 g/mol. The van der Waals surface area contributed by atoms with Crippen LogP contribution in [0.3, 0.4) is 0 Å². The van der Waals surface area contributed by atoms with Gasteiger partial charge >= 0.3 is 5.97 Å². The third-order valence-electron chi connectivity index (χ3n) is 6.26. The third kappa shape index (κ3) is 5.17. The fourth-order valence-corrected chi connectivity index (χ4v) is 6.50. The standard InChI is InChI=1S/C24H32FN3O5S/c1-5-28-16(3)21(24(30)33-6-2)22(17(28)4)34(31,32)27-13-7-8-19(15-27)23(29)26-14-18-9-11-20(25)12-10-18/h9-12,19H,5-8,13-15H2,1-4H3,(H,26,29)/t19-/m0/s1. The Bertz CT molecular complexity index is 1160. The maximum Gasteiger partial charge on any atom is 0.341 e. The number of rotatable bonds is 8. The van der Waals surface area contributed by atoms with E-state index in [-0.39, 0.29) is 48.4 Å². The first-order valence-electron chi connectivity index (χ1n) is 11.5. The van der Waals surface area contributed by atoms with Gasteiger partial charge in [0.1, 0.15) is 16.3 Å². The van der Waals surface area contributed by atoms with Crippen LogP contribution < -0.4 is 5.32 Å². The second-order valence-electron chi connectivity index (χ2n) is 8.39. The molecule has 10 heteroatoms. The zero-order valence-corrected chi connectivity index (χ0v) is 20.9. The van der Waals surface area contributed by atoms with Crippen molar-refractivity contribution in [3.05, 3.63) is 52.6 Å². The highest BCUT2D eigenvalue weighted by atomic mass is 32.2. The van der Waals surface area contributed by atoms with Crippen molar-refractivity contribution in [2.24, 2.45) is 5.92 Å². The summed E-state index contributed by atoms with van der Waals surface area (Å²) in [5, 5.41) is 2.82. The number of amides is 1. The summed E-state index contributed by atoms with van der Waals surface area (Å²) in [5.41, 5.74) is 1.83. The van der Waals surface area contributed by atoms with Crippen molar-refractivity contribution >= 4 is 21.9 Å². The van der Waals surface area contributed by atoms with E-state index in [0.29, 0.717) is 30.8 Å². The molecule has 8 nitrogen and oxygen atoms in total. The van der Waals surface area contributed by atoms with Gasteiger partial charge in [0.15, 0.2) is 0 Å². The number of aromatic nitrogens is 1. The number of hydrogen-bond acceptors (Lipinski definition) is 5. The predicted molar refractivity (Wildman–Crippen MR) is 125 cm³/mol. The van der Waals surface area contributed by atoms with Gasteiger partial charge in [-0.3, -0.25) is 4.79 Å². The lowest BCUT2D eigenvalue weighted by Crippen LogP contribution is -2.45. The molecule has 1 aromatic heterocycles. The molecule has 0 spiro atoms. The predicted octanol–water partition coefficient (Wildman–Crippen LogP) is 3.16. The Hall–Kier alpha value is -2.72. The van der Waals surface area contributed by atoms with Crippen molar-refractivity contribution in [3.63, 3.8) is 0 Å². The minimum absolute atomic E-state index is 0.0235. The quantitative estimate of drug-likeness (QED) is 0.570. The van der Waals surface area contributed by atoms with Crippen molar-refractivity contribution in [2.45, 2.75) is 58.5 Å². The lowest BCUT2D eigenvalue weighted by atomic mass is 9.99. The van der Waals surface area contributed by atoms with Crippen LogP contribution in [0.4, 0.5) is 4.39 Å². The van der Waals surface area contributed by atoms with E-state index in [2.05, 4.69) is 5.32 Å². The van der Waals surface area contributed by atoms with Gasteiger partial charge in [-0.2, -0.15) is 4.31 Å². The molecular weight excluding hydrogens is 461 g/mol. The maximum atomic E-state index is 13.7. The molecule has 1 amide bonds. The molecule has 1 N–H and O–H groups in total. The maximum absolute atomic E-state index is 13.7. The molecule has 2 aromatic rings. The van der Waals surface area contributed by atoms with Crippen molar-refractivity contribution in [1.29, 1.82) is 0 Å². The number of ether oxygens (including phenoxy) is 1. The van der Waals surface area contributed by atoms with Gasteiger partial charge in [-0.05, 0) is 58.2 Å². The largest absolute Gasteiger partial charge is 0.462 e. The summed E-state index contributed by atoms with van der Waals surface area (Å²) in [5.74, 6) is -1.80. The van der Waals surface area contributed by atoms with Crippen LogP contribution in [-0.4, -0.2) is 48.9 Å². The molecule has 1 fully saturated rings. The van der Waals surface area contributed by atoms with Crippen LogP contribution in [0, 0.1) is 25.6 Å². The first kappa shape index (κ1) is 25.9. The molecule has 0 unspecified atom stereocenters. The Labute approximate surface area is 200 Å². The van der Waals surface area contributed by atoms with Gasteiger partial charge in [0, 0.05) is 37.6 Å². The fourth-order valence-electron chi connectivity index (χ4n) is 4.53. The summed E-state index contributed by atoms with van der Waals surface area (Å²) in [6, 6.07) is 5.83. The number of piperidine rings is 1. The average molecular weight is 494 g/mol. The van der Waals surface area contributed by atoms with Crippen molar-refractivity contribution in [1.82, 2.24) is 14.2 Å². The van der Waals surface area contributed by atoms with E-state index in [0.717, 1.165) is 5.56 Å². The summed E-state index contributed by atoms with van der Waals surface area (Å²) in [6.07, 6.45) is 1.08. The molecule has 0 aliphatic carbocycles. The number of esters is 1. The summed E-state index contributed by atoms with van der Waals surface area (Å²) in [6.45, 7) is 8.11.